The van der Waals surface area contributed by atoms with E-state index in [4.69, 9.17) is 0 Å². The smallest absolute Gasteiger partial charge is 0.131 e. The number of benzene rings is 6. The first-order valence-electron chi connectivity index (χ1n) is 17.0. The lowest BCUT2D eigenvalue weighted by atomic mass is 10.0. The molecule has 0 atom stereocenters. The largest absolute Gasteiger partial charge is 0.207 e. The standard InChI is InChI=1S/C13H11F.2C9H11F.C8H8F2.C7H5F3/c1-10-7-8-12(9-13(10)14)11-5-3-2-4-6-11;2*1-6-4-9(10)5-7(2)8(6)3;1-5-3-7(9)6(2)8(10)4-5;1-4-6(9)2-5(8)3-7(4)10/h2-9H,1H3;2*4-5H,1-3H3;3-4H,1-2H3;2-3H,1H3. The van der Waals surface area contributed by atoms with Gasteiger partial charge in [-0.1, -0.05) is 42.5 Å². The molecule has 54 heavy (non-hydrogen) atoms. The van der Waals surface area contributed by atoms with E-state index in [1.165, 1.54) is 37.1 Å². The van der Waals surface area contributed by atoms with Gasteiger partial charge in [0, 0.05) is 23.3 Å². The summed E-state index contributed by atoms with van der Waals surface area (Å²) in [7, 11) is 0. The average Bonchev–Trinajstić information content (AvgIpc) is 3.10. The topological polar surface area (TPSA) is 0 Å². The van der Waals surface area contributed by atoms with Gasteiger partial charge in [-0.3, -0.25) is 0 Å². The van der Waals surface area contributed by atoms with Crippen LogP contribution < -0.4 is 0 Å². The van der Waals surface area contributed by atoms with Crippen LogP contribution in [0.3, 0.4) is 0 Å². The first-order chi connectivity index (χ1) is 25.2. The van der Waals surface area contributed by atoms with Crippen molar-refractivity contribution in [3.8, 4) is 11.1 Å². The van der Waals surface area contributed by atoms with E-state index in [0.717, 1.165) is 33.4 Å². The van der Waals surface area contributed by atoms with E-state index in [0.29, 0.717) is 23.3 Å². The molecule has 0 saturated heterocycles. The highest BCUT2D eigenvalue weighted by atomic mass is 19.2. The molecule has 0 amide bonds. The third-order valence-corrected chi connectivity index (χ3v) is 8.73. The van der Waals surface area contributed by atoms with E-state index in [9.17, 15) is 35.1 Å². The predicted molar refractivity (Wildman–Crippen MR) is 205 cm³/mol. The molecule has 0 nitrogen and oxygen atoms in total. The van der Waals surface area contributed by atoms with Gasteiger partial charge >= 0.3 is 0 Å². The van der Waals surface area contributed by atoms with Crippen molar-refractivity contribution in [2.24, 2.45) is 0 Å². The van der Waals surface area contributed by atoms with Crippen molar-refractivity contribution >= 4 is 0 Å². The van der Waals surface area contributed by atoms with Crippen LogP contribution in [0.1, 0.15) is 55.6 Å². The van der Waals surface area contributed by atoms with Crippen LogP contribution in [0.15, 0.2) is 97.1 Å². The van der Waals surface area contributed by atoms with Crippen molar-refractivity contribution in [1.82, 2.24) is 0 Å². The number of aryl methyl sites for hydroxylation is 6. The highest BCUT2D eigenvalue weighted by Crippen LogP contribution is 2.21. The summed E-state index contributed by atoms with van der Waals surface area (Å²) in [5.74, 6) is -3.96. The van der Waals surface area contributed by atoms with Crippen molar-refractivity contribution in [2.45, 2.75) is 69.2 Å². The summed E-state index contributed by atoms with van der Waals surface area (Å²) in [6.07, 6.45) is 0. The molecule has 6 aromatic carbocycles. The monoisotopic (exact) mass is 750 g/mol. The third kappa shape index (κ3) is 14.0. The van der Waals surface area contributed by atoms with Crippen molar-refractivity contribution in [3.05, 3.63) is 199 Å². The summed E-state index contributed by atoms with van der Waals surface area (Å²) in [6.45, 7) is 17.8. The molecular formula is C46H46F8. The Morgan fingerprint density at radius 1 is 0.278 bits per heavy atom. The molecule has 0 fully saturated rings. The SMILES string of the molecule is Cc1c(F)cc(F)cc1F.Cc1cc(F)c(C)c(F)c1.Cc1cc(F)cc(C)c1C.Cc1cc(F)cc(C)c1C.Cc1ccc(-c2ccccc2)cc1F. The van der Waals surface area contributed by atoms with E-state index in [1.807, 2.05) is 77.9 Å². The maximum atomic E-state index is 13.3. The first-order valence-corrected chi connectivity index (χ1v) is 17.0. The van der Waals surface area contributed by atoms with Crippen LogP contribution in [0.5, 0.6) is 0 Å². The van der Waals surface area contributed by atoms with E-state index in [1.54, 1.807) is 50.2 Å². The fourth-order valence-electron chi connectivity index (χ4n) is 4.76. The number of halogens is 8. The van der Waals surface area contributed by atoms with Gasteiger partial charge in [0.2, 0.25) is 0 Å². The molecule has 6 rings (SSSR count). The first kappa shape index (κ1) is 44.9. The summed E-state index contributed by atoms with van der Waals surface area (Å²) < 4.78 is 101. The molecule has 286 valence electrons. The molecule has 8 heteroatoms. The summed E-state index contributed by atoms with van der Waals surface area (Å²) in [5, 5.41) is 0. The van der Waals surface area contributed by atoms with Gasteiger partial charge in [0.25, 0.3) is 0 Å². The zero-order valence-corrected chi connectivity index (χ0v) is 32.3. The Labute approximate surface area is 314 Å². The highest BCUT2D eigenvalue weighted by Gasteiger charge is 2.06. The summed E-state index contributed by atoms with van der Waals surface area (Å²) in [6, 6.07) is 25.3. The molecule has 0 aliphatic rings. The predicted octanol–water partition coefficient (Wildman–Crippen LogP) is 14.3. The Bertz CT molecular complexity index is 1840. The quantitative estimate of drug-likeness (QED) is 0.147. The number of hydrogen-bond donors (Lipinski definition) is 0. The average molecular weight is 751 g/mol. The van der Waals surface area contributed by atoms with Gasteiger partial charge < -0.3 is 0 Å². The van der Waals surface area contributed by atoms with Crippen molar-refractivity contribution in [1.29, 1.82) is 0 Å². The molecule has 0 saturated carbocycles. The van der Waals surface area contributed by atoms with Gasteiger partial charge in [0.15, 0.2) is 0 Å². The van der Waals surface area contributed by atoms with E-state index in [2.05, 4.69) is 0 Å². The normalized spacial score (nSPS) is 10.0. The molecule has 0 N–H and O–H groups in total. The summed E-state index contributed by atoms with van der Waals surface area (Å²) in [4.78, 5) is 0. The Balaban J connectivity index is 0.000000235. The van der Waals surface area contributed by atoms with Crippen LogP contribution in [-0.2, 0) is 0 Å². The third-order valence-electron chi connectivity index (χ3n) is 8.73. The van der Waals surface area contributed by atoms with Gasteiger partial charge in [-0.2, -0.15) is 0 Å². The molecule has 0 heterocycles. The maximum absolute atomic E-state index is 13.3. The van der Waals surface area contributed by atoms with Crippen LogP contribution in [-0.4, -0.2) is 0 Å². The van der Waals surface area contributed by atoms with Gasteiger partial charge in [0.1, 0.15) is 46.5 Å². The summed E-state index contributed by atoms with van der Waals surface area (Å²) >= 11 is 0. The van der Waals surface area contributed by atoms with E-state index < -0.39 is 29.1 Å². The lowest BCUT2D eigenvalue weighted by molar-refractivity contribution is 0.532. The van der Waals surface area contributed by atoms with Crippen molar-refractivity contribution in [3.63, 3.8) is 0 Å². The molecule has 0 radical (unpaired) electrons. The van der Waals surface area contributed by atoms with Crippen LogP contribution in [0.2, 0.25) is 0 Å². The second-order valence-corrected chi connectivity index (χ2v) is 13.0. The van der Waals surface area contributed by atoms with Crippen LogP contribution in [0, 0.1) is 116 Å². The van der Waals surface area contributed by atoms with Crippen LogP contribution in [0.4, 0.5) is 35.1 Å². The van der Waals surface area contributed by atoms with Crippen LogP contribution in [0.25, 0.3) is 11.1 Å². The lowest BCUT2D eigenvalue weighted by Gasteiger charge is -2.02. The van der Waals surface area contributed by atoms with Gasteiger partial charge in [-0.25, -0.2) is 35.1 Å². The molecular weight excluding hydrogens is 704 g/mol. The fourth-order valence-corrected chi connectivity index (χ4v) is 4.76. The molecule has 0 aliphatic heterocycles. The zero-order valence-electron chi connectivity index (χ0n) is 32.3. The molecule has 0 unspecified atom stereocenters. The molecule has 0 aliphatic carbocycles. The minimum atomic E-state index is -0.888. The van der Waals surface area contributed by atoms with Gasteiger partial charge in [0.05, 0.1) is 0 Å². The Morgan fingerprint density at radius 3 is 1.00 bits per heavy atom. The van der Waals surface area contributed by atoms with Crippen molar-refractivity contribution < 1.29 is 35.1 Å². The molecule has 0 aromatic heterocycles. The molecule has 0 bridgehead atoms. The fraction of sp³-hybridized carbons (Fsp3) is 0.217. The number of rotatable bonds is 1. The molecule has 6 aromatic rings. The van der Waals surface area contributed by atoms with Gasteiger partial charge in [-0.15, -0.1) is 0 Å². The Morgan fingerprint density at radius 2 is 0.630 bits per heavy atom. The minimum Gasteiger partial charge on any atom is -0.207 e. The number of hydrogen-bond acceptors (Lipinski definition) is 0. The van der Waals surface area contributed by atoms with E-state index in [-0.39, 0.29) is 28.6 Å². The summed E-state index contributed by atoms with van der Waals surface area (Å²) in [5.41, 5.74) is 9.67. The molecule has 0 spiro atoms. The van der Waals surface area contributed by atoms with Gasteiger partial charge in [-0.05, 0) is 167 Å². The minimum absolute atomic E-state index is 0.0885. The van der Waals surface area contributed by atoms with Crippen molar-refractivity contribution in [2.75, 3.05) is 0 Å². The Kier molecular flexibility index (Phi) is 17.3. The second-order valence-electron chi connectivity index (χ2n) is 13.0. The maximum Gasteiger partial charge on any atom is 0.131 e. The lowest BCUT2D eigenvalue weighted by Crippen LogP contribution is -1.89. The highest BCUT2D eigenvalue weighted by molar-refractivity contribution is 5.63. The Hall–Kier alpha value is -5.24. The second kappa shape index (κ2) is 20.9. The van der Waals surface area contributed by atoms with E-state index >= 15 is 0 Å². The van der Waals surface area contributed by atoms with Crippen LogP contribution >= 0.6 is 0 Å². The zero-order chi connectivity index (χ0) is 40.9.